The average molecular weight is 257 g/mol. The molecule has 1 atom stereocenters. The van der Waals surface area contributed by atoms with Crippen molar-refractivity contribution in [3.8, 4) is 0 Å². The van der Waals surface area contributed by atoms with Crippen LogP contribution < -0.4 is 5.32 Å². The summed E-state index contributed by atoms with van der Waals surface area (Å²) >= 11 is 0. The van der Waals surface area contributed by atoms with Crippen molar-refractivity contribution in [2.75, 3.05) is 0 Å². The number of nitrogens with zero attached hydrogens (tertiary/aromatic N) is 2. The molecule has 3 heterocycles. The molecule has 6 heteroatoms. The number of carbonyl (C=O) groups excluding carboxylic acids is 3. The van der Waals surface area contributed by atoms with Gasteiger partial charge in [-0.1, -0.05) is 0 Å². The van der Waals surface area contributed by atoms with Crippen LogP contribution in [0.5, 0.6) is 0 Å². The monoisotopic (exact) mass is 257 g/mol. The van der Waals surface area contributed by atoms with Crippen molar-refractivity contribution in [3.05, 3.63) is 35.7 Å². The minimum atomic E-state index is -0.416. The zero-order chi connectivity index (χ0) is 13.4. The summed E-state index contributed by atoms with van der Waals surface area (Å²) in [4.78, 5) is 34.0. The van der Waals surface area contributed by atoms with E-state index < -0.39 is 5.92 Å². The van der Waals surface area contributed by atoms with Crippen molar-refractivity contribution >= 4 is 23.6 Å². The van der Waals surface area contributed by atoms with Gasteiger partial charge in [0.1, 0.15) is 0 Å². The molecule has 0 aromatic carbocycles. The van der Waals surface area contributed by atoms with Crippen LogP contribution in [0.25, 0.3) is 5.52 Å². The highest BCUT2D eigenvalue weighted by Crippen LogP contribution is 2.26. The van der Waals surface area contributed by atoms with Gasteiger partial charge in [0.25, 0.3) is 0 Å². The minimum absolute atomic E-state index is 0.248. The second-order valence-electron chi connectivity index (χ2n) is 4.46. The Hall–Kier alpha value is -2.50. The van der Waals surface area contributed by atoms with E-state index in [-0.39, 0.29) is 11.8 Å². The first-order chi connectivity index (χ1) is 9.20. The first-order valence-corrected chi connectivity index (χ1v) is 5.96. The number of aldehydes is 1. The van der Waals surface area contributed by atoms with Crippen LogP contribution in [-0.4, -0.2) is 27.7 Å². The molecule has 1 aliphatic heterocycles. The van der Waals surface area contributed by atoms with Crippen molar-refractivity contribution in [1.29, 1.82) is 0 Å². The van der Waals surface area contributed by atoms with Crippen molar-refractivity contribution in [3.63, 3.8) is 0 Å². The number of hydrogen-bond donors (Lipinski definition) is 1. The second-order valence-corrected chi connectivity index (χ2v) is 4.46. The van der Waals surface area contributed by atoms with Crippen molar-refractivity contribution < 1.29 is 14.4 Å². The fourth-order valence-electron chi connectivity index (χ4n) is 2.40. The Morgan fingerprint density at radius 3 is 2.89 bits per heavy atom. The predicted octanol–water partition coefficient (Wildman–Crippen LogP) is 0.667. The maximum absolute atomic E-state index is 11.9. The lowest BCUT2D eigenvalue weighted by Gasteiger charge is -2.21. The summed E-state index contributed by atoms with van der Waals surface area (Å²) in [6.45, 7) is 0. The van der Waals surface area contributed by atoms with Gasteiger partial charge in [-0.2, -0.15) is 5.10 Å². The van der Waals surface area contributed by atoms with Crippen LogP contribution in [0.3, 0.4) is 0 Å². The lowest BCUT2D eigenvalue weighted by Crippen LogP contribution is -2.40. The molecular weight excluding hydrogens is 246 g/mol. The third kappa shape index (κ3) is 1.81. The Morgan fingerprint density at radius 1 is 1.32 bits per heavy atom. The summed E-state index contributed by atoms with van der Waals surface area (Å²) in [5.41, 5.74) is 1.88. The van der Waals surface area contributed by atoms with E-state index in [0.717, 1.165) is 6.29 Å². The van der Waals surface area contributed by atoms with E-state index in [4.69, 9.17) is 0 Å². The first-order valence-electron chi connectivity index (χ1n) is 5.96. The molecule has 6 nitrogen and oxygen atoms in total. The Balaban J connectivity index is 2.11. The van der Waals surface area contributed by atoms with E-state index in [9.17, 15) is 14.4 Å². The maximum atomic E-state index is 11.9. The summed E-state index contributed by atoms with van der Waals surface area (Å²) in [7, 11) is 0. The molecule has 2 aromatic rings. The third-order valence-electron chi connectivity index (χ3n) is 3.34. The smallest absolute Gasteiger partial charge is 0.235 e. The van der Waals surface area contributed by atoms with E-state index in [0.29, 0.717) is 29.6 Å². The van der Waals surface area contributed by atoms with E-state index in [2.05, 4.69) is 10.4 Å². The van der Waals surface area contributed by atoms with Crippen molar-refractivity contribution in [1.82, 2.24) is 14.9 Å². The molecule has 19 heavy (non-hydrogen) atoms. The fourth-order valence-corrected chi connectivity index (χ4v) is 2.40. The second kappa shape index (κ2) is 4.31. The van der Waals surface area contributed by atoms with E-state index in [1.54, 1.807) is 28.9 Å². The molecular formula is C13H11N3O3. The number of piperidine rings is 1. The summed E-state index contributed by atoms with van der Waals surface area (Å²) < 4.78 is 1.59. The van der Waals surface area contributed by atoms with Crippen molar-refractivity contribution in [2.24, 2.45) is 0 Å². The lowest BCUT2D eigenvalue weighted by atomic mass is 9.94. The highest BCUT2D eigenvalue weighted by molar-refractivity contribution is 6.01. The average Bonchev–Trinajstić information content (AvgIpc) is 2.87. The molecule has 1 fully saturated rings. The van der Waals surface area contributed by atoms with Crippen LogP contribution >= 0.6 is 0 Å². The molecule has 0 aliphatic carbocycles. The van der Waals surface area contributed by atoms with E-state index in [1.165, 1.54) is 0 Å². The summed E-state index contributed by atoms with van der Waals surface area (Å²) in [6.07, 6.45) is 3.11. The number of carbonyl (C=O) groups is 3. The number of rotatable bonds is 2. The normalized spacial score (nSPS) is 19.5. The maximum Gasteiger partial charge on any atom is 0.235 e. The van der Waals surface area contributed by atoms with Gasteiger partial charge in [-0.05, 0) is 24.6 Å². The Bertz CT molecular complexity index is 689. The van der Waals surface area contributed by atoms with Gasteiger partial charge in [-0.25, -0.2) is 4.52 Å². The number of amides is 2. The van der Waals surface area contributed by atoms with Gasteiger partial charge >= 0.3 is 0 Å². The molecule has 0 saturated carbocycles. The molecule has 0 spiro atoms. The van der Waals surface area contributed by atoms with E-state index >= 15 is 0 Å². The number of hydrogen-bond acceptors (Lipinski definition) is 4. The van der Waals surface area contributed by atoms with Crippen molar-refractivity contribution in [2.45, 2.75) is 18.8 Å². The van der Waals surface area contributed by atoms with Gasteiger partial charge in [0, 0.05) is 12.0 Å². The third-order valence-corrected chi connectivity index (χ3v) is 3.34. The molecule has 1 saturated heterocycles. The van der Waals surface area contributed by atoms with Gasteiger partial charge in [-0.3, -0.25) is 19.7 Å². The number of nitrogens with one attached hydrogen (secondary N) is 1. The van der Waals surface area contributed by atoms with Crippen LogP contribution in [-0.2, 0) is 9.59 Å². The summed E-state index contributed by atoms with van der Waals surface area (Å²) in [5, 5.41) is 6.47. The highest BCUT2D eigenvalue weighted by Gasteiger charge is 2.30. The number of aromatic nitrogens is 2. The topological polar surface area (TPSA) is 80.5 Å². The predicted molar refractivity (Wildman–Crippen MR) is 65.7 cm³/mol. The summed E-state index contributed by atoms with van der Waals surface area (Å²) in [5.74, 6) is -0.977. The first kappa shape index (κ1) is 11.6. The Morgan fingerprint density at radius 2 is 2.16 bits per heavy atom. The van der Waals surface area contributed by atoms with Gasteiger partial charge in [0.2, 0.25) is 11.8 Å². The van der Waals surface area contributed by atoms with Crippen LogP contribution in [0.2, 0.25) is 0 Å². The quantitative estimate of drug-likeness (QED) is 0.633. The number of pyridine rings is 1. The van der Waals surface area contributed by atoms with E-state index in [1.807, 2.05) is 0 Å². The Kier molecular flexibility index (Phi) is 2.63. The molecule has 96 valence electrons. The molecule has 3 rings (SSSR count). The zero-order valence-electron chi connectivity index (χ0n) is 10.00. The molecule has 2 amide bonds. The van der Waals surface area contributed by atoms with Crippen LogP contribution in [0, 0.1) is 0 Å². The number of imide groups is 1. The minimum Gasteiger partial charge on any atom is -0.298 e. The van der Waals surface area contributed by atoms with Crippen LogP contribution in [0.15, 0.2) is 24.4 Å². The van der Waals surface area contributed by atoms with Gasteiger partial charge in [-0.15, -0.1) is 0 Å². The largest absolute Gasteiger partial charge is 0.298 e. The lowest BCUT2D eigenvalue weighted by molar-refractivity contribution is -0.134. The SMILES string of the molecule is O=Cc1ccc(C2CCC(=O)NC2=O)n2nccc12. The molecule has 1 unspecified atom stereocenters. The number of fused-ring (bicyclic) bond motifs is 1. The van der Waals surface area contributed by atoms with Gasteiger partial charge in [0.15, 0.2) is 6.29 Å². The zero-order valence-corrected chi connectivity index (χ0v) is 10.00. The van der Waals surface area contributed by atoms with Crippen LogP contribution in [0.1, 0.15) is 34.8 Å². The molecule has 2 aromatic heterocycles. The highest BCUT2D eigenvalue weighted by atomic mass is 16.2. The summed E-state index contributed by atoms with van der Waals surface area (Å²) in [6, 6.07) is 5.10. The molecule has 1 N–H and O–H groups in total. The fraction of sp³-hybridized carbons (Fsp3) is 0.231. The molecule has 1 aliphatic rings. The van der Waals surface area contributed by atoms with Gasteiger partial charge < -0.3 is 0 Å². The molecule has 0 bridgehead atoms. The standard InChI is InChI=1S/C13H11N3O3/c17-7-8-1-3-11(16-10(8)5-6-14-16)9-2-4-12(18)15-13(9)19/h1,3,5-7,9H,2,4H2,(H,15,18,19). The molecule has 0 radical (unpaired) electrons. The van der Waals surface area contributed by atoms with Crippen LogP contribution in [0.4, 0.5) is 0 Å². The Labute approximate surface area is 108 Å². The van der Waals surface area contributed by atoms with Gasteiger partial charge in [0.05, 0.1) is 23.3 Å².